The number of halogens is 1. The molecule has 26 heavy (non-hydrogen) atoms. The molecule has 2 heterocycles. The molecule has 1 saturated carbocycles. The summed E-state index contributed by atoms with van der Waals surface area (Å²) in [6.07, 6.45) is 4.70. The van der Waals surface area contributed by atoms with Gasteiger partial charge in [0.05, 0.1) is 24.0 Å². The van der Waals surface area contributed by atoms with Crippen molar-refractivity contribution in [1.82, 2.24) is 15.3 Å². The third-order valence-corrected chi connectivity index (χ3v) is 4.18. The average Bonchev–Trinajstić information content (AvgIpc) is 3.47. The van der Waals surface area contributed by atoms with Crippen LogP contribution in [0.25, 0.3) is 0 Å². The number of carbonyl (C=O) groups excluding carboxylic acids is 2. The highest BCUT2D eigenvalue weighted by Crippen LogP contribution is 2.34. The molecule has 0 spiro atoms. The van der Waals surface area contributed by atoms with Crippen molar-refractivity contribution >= 4 is 40.6 Å². The van der Waals surface area contributed by atoms with Crippen molar-refractivity contribution in [3.05, 3.63) is 35.2 Å². The summed E-state index contributed by atoms with van der Waals surface area (Å²) in [5, 5.41) is 8.62. The molecule has 0 unspecified atom stereocenters. The molecule has 2 amide bonds. The fourth-order valence-corrected chi connectivity index (χ4v) is 2.61. The first-order valence-electron chi connectivity index (χ1n) is 8.02. The van der Waals surface area contributed by atoms with Crippen LogP contribution in [0.4, 0.5) is 17.2 Å². The fraction of sp³-hybridized carbons (Fsp3) is 0.294. The van der Waals surface area contributed by atoms with E-state index in [-0.39, 0.29) is 22.9 Å². The third-order valence-electron chi connectivity index (χ3n) is 3.91. The number of anilines is 3. The van der Waals surface area contributed by atoms with Crippen LogP contribution in [0.15, 0.2) is 24.5 Å². The quantitative estimate of drug-likeness (QED) is 0.670. The summed E-state index contributed by atoms with van der Waals surface area (Å²) in [6, 6.07) is 3.26. The van der Waals surface area contributed by atoms with Gasteiger partial charge in [0.15, 0.2) is 10.9 Å². The Hall–Kier alpha value is -2.87. The number of carbonyl (C=O) groups is 2. The molecule has 9 heteroatoms. The SMILES string of the molecule is CNC(=O)c1cnc(NC(=O)C2CC2)cc1Nc1ccnc(Cl)c1OC. The number of nitrogens with zero attached hydrogens (tertiary/aromatic N) is 2. The second kappa shape index (κ2) is 7.57. The van der Waals surface area contributed by atoms with E-state index < -0.39 is 0 Å². The largest absolute Gasteiger partial charge is 0.491 e. The minimum absolute atomic E-state index is 0.0472. The van der Waals surface area contributed by atoms with E-state index in [0.29, 0.717) is 28.5 Å². The first-order valence-corrected chi connectivity index (χ1v) is 8.39. The minimum atomic E-state index is -0.320. The monoisotopic (exact) mass is 375 g/mol. The van der Waals surface area contributed by atoms with Gasteiger partial charge in [0.1, 0.15) is 5.82 Å². The van der Waals surface area contributed by atoms with Gasteiger partial charge in [-0.2, -0.15) is 0 Å². The molecule has 0 bridgehead atoms. The normalized spacial score (nSPS) is 13.0. The molecule has 2 aromatic heterocycles. The van der Waals surface area contributed by atoms with E-state index in [4.69, 9.17) is 16.3 Å². The Morgan fingerprint density at radius 3 is 2.69 bits per heavy atom. The number of pyridine rings is 2. The maximum atomic E-state index is 12.1. The molecule has 1 aliphatic rings. The van der Waals surface area contributed by atoms with Crippen LogP contribution < -0.4 is 20.7 Å². The minimum Gasteiger partial charge on any atom is -0.491 e. The fourth-order valence-electron chi connectivity index (χ4n) is 2.38. The second-order valence-electron chi connectivity index (χ2n) is 5.77. The van der Waals surface area contributed by atoms with Crippen molar-refractivity contribution in [3.8, 4) is 5.75 Å². The van der Waals surface area contributed by atoms with E-state index in [1.54, 1.807) is 12.1 Å². The second-order valence-corrected chi connectivity index (χ2v) is 6.12. The molecule has 2 aromatic rings. The summed E-state index contributed by atoms with van der Waals surface area (Å²) in [5.74, 6) is 0.361. The van der Waals surface area contributed by atoms with Crippen LogP contribution >= 0.6 is 11.6 Å². The molecule has 0 saturated heterocycles. The molecular weight excluding hydrogens is 358 g/mol. The average molecular weight is 376 g/mol. The third kappa shape index (κ3) is 3.85. The maximum Gasteiger partial charge on any atom is 0.254 e. The Balaban J connectivity index is 1.95. The smallest absolute Gasteiger partial charge is 0.254 e. The number of aromatic nitrogens is 2. The van der Waals surface area contributed by atoms with E-state index in [9.17, 15) is 9.59 Å². The zero-order valence-corrected chi connectivity index (χ0v) is 15.1. The topological polar surface area (TPSA) is 105 Å². The number of methoxy groups -OCH3 is 1. The van der Waals surface area contributed by atoms with Gasteiger partial charge in [0.25, 0.3) is 5.91 Å². The van der Waals surface area contributed by atoms with Gasteiger partial charge >= 0.3 is 0 Å². The lowest BCUT2D eigenvalue weighted by molar-refractivity contribution is -0.117. The molecule has 1 fully saturated rings. The molecule has 3 rings (SSSR count). The standard InChI is InChI=1S/C17H18ClN5O3/c1-19-17(25)10-8-21-13(23-16(24)9-3-4-9)7-12(10)22-11-5-6-20-15(18)14(11)26-2/h5-9H,3-4H2,1-2H3,(H,19,25)(H2,20,21,22,23,24). The Morgan fingerprint density at radius 1 is 1.27 bits per heavy atom. The van der Waals surface area contributed by atoms with E-state index in [0.717, 1.165) is 12.8 Å². The van der Waals surface area contributed by atoms with Crippen LogP contribution in [-0.2, 0) is 4.79 Å². The molecule has 136 valence electrons. The summed E-state index contributed by atoms with van der Waals surface area (Å²) in [7, 11) is 3.00. The number of hydrogen-bond acceptors (Lipinski definition) is 6. The molecule has 0 aliphatic heterocycles. The van der Waals surface area contributed by atoms with E-state index >= 15 is 0 Å². The van der Waals surface area contributed by atoms with Gasteiger partial charge in [-0.05, 0) is 18.9 Å². The van der Waals surface area contributed by atoms with Gasteiger partial charge in [-0.15, -0.1) is 0 Å². The van der Waals surface area contributed by atoms with Crippen LogP contribution in [0.2, 0.25) is 5.15 Å². The van der Waals surface area contributed by atoms with Crippen LogP contribution in [0.3, 0.4) is 0 Å². The Morgan fingerprint density at radius 2 is 2.04 bits per heavy atom. The van der Waals surface area contributed by atoms with Crippen LogP contribution in [0.1, 0.15) is 23.2 Å². The van der Waals surface area contributed by atoms with Crippen molar-refractivity contribution in [3.63, 3.8) is 0 Å². The van der Waals surface area contributed by atoms with Gasteiger partial charge in [-0.25, -0.2) is 9.97 Å². The molecule has 8 nitrogen and oxygen atoms in total. The number of rotatable bonds is 6. The summed E-state index contributed by atoms with van der Waals surface area (Å²) < 4.78 is 5.27. The summed E-state index contributed by atoms with van der Waals surface area (Å²) >= 11 is 6.04. The van der Waals surface area contributed by atoms with Crippen LogP contribution in [0.5, 0.6) is 5.75 Å². The zero-order chi connectivity index (χ0) is 18.7. The lowest BCUT2D eigenvalue weighted by Crippen LogP contribution is -2.20. The summed E-state index contributed by atoms with van der Waals surface area (Å²) in [5.41, 5.74) is 1.29. The maximum absolute atomic E-state index is 12.1. The number of hydrogen-bond donors (Lipinski definition) is 3. The predicted octanol–water partition coefficient (Wildman–Crippen LogP) is 2.59. The lowest BCUT2D eigenvalue weighted by atomic mass is 10.2. The highest BCUT2D eigenvalue weighted by atomic mass is 35.5. The van der Waals surface area contributed by atoms with E-state index in [2.05, 4.69) is 25.9 Å². The lowest BCUT2D eigenvalue weighted by Gasteiger charge is -2.15. The number of ether oxygens (including phenoxy) is 1. The number of amides is 2. The van der Waals surface area contributed by atoms with Gasteiger partial charge < -0.3 is 20.7 Å². The zero-order valence-electron chi connectivity index (χ0n) is 14.3. The van der Waals surface area contributed by atoms with Crippen molar-refractivity contribution in [2.75, 3.05) is 24.8 Å². The Kier molecular flexibility index (Phi) is 5.22. The highest BCUT2D eigenvalue weighted by Gasteiger charge is 2.30. The first kappa shape index (κ1) is 17.9. The molecule has 0 aromatic carbocycles. The van der Waals surface area contributed by atoms with E-state index in [1.165, 1.54) is 26.6 Å². The molecule has 1 aliphatic carbocycles. The predicted molar refractivity (Wildman–Crippen MR) is 98.1 cm³/mol. The van der Waals surface area contributed by atoms with Crippen molar-refractivity contribution < 1.29 is 14.3 Å². The van der Waals surface area contributed by atoms with Gasteiger partial charge in [0, 0.05) is 31.4 Å². The Bertz CT molecular complexity index is 854. The van der Waals surface area contributed by atoms with E-state index in [1.807, 2.05) is 0 Å². The van der Waals surface area contributed by atoms with Crippen LogP contribution in [0, 0.1) is 5.92 Å². The Labute approximate surface area is 155 Å². The first-order chi connectivity index (χ1) is 12.5. The molecule has 0 atom stereocenters. The van der Waals surface area contributed by atoms with Gasteiger partial charge in [0.2, 0.25) is 5.91 Å². The summed E-state index contributed by atoms with van der Waals surface area (Å²) in [6.45, 7) is 0. The summed E-state index contributed by atoms with van der Waals surface area (Å²) in [4.78, 5) is 32.2. The molecule has 3 N–H and O–H groups in total. The van der Waals surface area contributed by atoms with Crippen molar-refractivity contribution in [1.29, 1.82) is 0 Å². The highest BCUT2D eigenvalue weighted by molar-refractivity contribution is 6.31. The van der Waals surface area contributed by atoms with Gasteiger partial charge in [-0.3, -0.25) is 9.59 Å². The molecule has 0 radical (unpaired) electrons. The number of nitrogens with one attached hydrogen (secondary N) is 3. The van der Waals surface area contributed by atoms with Crippen molar-refractivity contribution in [2.24, 2.45) is 5.92 Å². The molecular formula is C17H18ClN5O3. The van der Waals surface area contributed by atoms with Crippen molar-refractivity contribution in [2.45, 2.75) is 12.8 Å². The van der Waals surface area contributed by atoms with Crippen LogP contribution in [-0.4, -0.2) is 35.9 Å². The van der Waals surface area contributed by atoms with Gasteiger partial charge in [-0.1, -0.05) is 11.6 Å².